The summed E-state index contributed by atoms with van der Waals surface area (Å²) >= 11 is 0. The van der Waals surface area contributed by atoms with Gasteiger partial charge in [-0.1, -0.05) is 6.92 Å². The molecule has 0 unspecified atom stereocenters. The molecule has 1 amide bonds. The van der Waals surface area contributed by atoms with Crippen molar-refractivity contribution in [3.63, 3.8) is 0 Å². The van der Waals surface area contributed by atoms with E-state index in [0.717, 1.165) is 4.57 Å². The van der Waals surface area contributed by atoms with Crippen molar-refractivity contribution in [2.24, 2.45) is 0 Å². The molecule has 0 atom stereocenters. The van der Waals surface area contributed by atoms with E-state index in [1.807, 2.05) is 6.92 Å². The van der Waals surface area contributed by atoms with Gasteiger partial charge in [0.05, 0.1) is 14.2 Å². The summed E-state index contributed by atoms with van der Waals surface area (Å²) in [5.41, 5.74) is 6.51. The highest BCUT2D eigenvalue weighted by Gasteiger charge is 2.11. The summed E-state index contributed by atoms with van der Waals surface area (Å²) in [6, 6.07) is 6.34. The molecule has 0 saturated carbocycles. The fourth-order valence-electron chi connectivity index (χ4n) is 2.17. The van der Waals surface area contributed by atoms with Crippen molar-refractivity contribution < 1.29 is 14.3 Å². The number of aryl methyl sites for hydroxylation is 1. The lowest BCUT2D eigenvalue weighted by Gasteiger charge is -2.12. The van der Waals surface area contributed by atoms with Crippen LogP contribution >= 0.6 is 0 Å². The molecule has 0 fully saturated rings. The van der Waals surface area contributed by atoms with Gasteiger partial charge in [-0.25, -0.2) is 4.98 Å². The van der Waals surface area contributed by atoms with Crippen LogP contribution in [0.1, 0.15) is 12.6 Å². The zero-order valence-corrected chi connectivity index (χ0v) is 13.8. The third kappa shape index (κ3) is 3.83. The number of anilines is 2. The van der Waals surface area contributed by atoms with Gasteiger partial charge >= 0.3 is 0 Å². The van der Waals surface area contributed by atoms with Crippen LogP contribution in [0.5, 0.6) is 11.5 Å². The molecule has 0 spiro atoms. The molecule has 1 heterocycles. The van der Waals surface area contributed by atoms with Crippen molar-refractivity contribution in [3.8, 4) is 11.5 Å². The van der Waals surface area contributed by atoms with Gasteiger partial charge in [0.25, 0.3) is 5.56 Å². The van der Waals surface area contributed by atoms with Crippen LogP contribution in [-0.4, -0.2) is 29.7 Å². The lowest BCUT2D eigenvalue weighted by molar-refractivity contribution is -0.116. The van der Waals surface area contributed by atoms with E-state index in [-0.39, 0.29) is 18.1 Å². The van der Waals surface area contributed by atoms with Crippen molar-refractivity contribution in [2.75, 3.05) is 25.3 Å². The minimum absolute atomic E-state index is 0.0156. The minimum atomic E-state index is -0.401. The lowest BCUT2D eigenvalue weighted by Crippen LogP contribution is -2.30. The largest absolute Gasteiger partial charge is 0.493 e. The number of hydrogen-bond donors (Lipinski definition) is 2. The Bertz CT molecular complexity index is 801. The Morgan fingerprint density at radius 3 is 2.54 bits per heavy atom. The van der Waals surface area contributed by atoms with Gasteiger partial charge in [0.1, 0.15) is 6.54 Å². The Kier molecular flexibility index (Phi) is 5.41. The standard InChI is InChI=1S/C16H20N4O4/c1-4-10-8-15(22)20(16(17)19-10)9-14(21)18-11-5-6-12(23-2)13(7-11)24-3/h5-8H,4,9H2,1-3H3,(H2,17,19)(H,18,21). The number of ether oxygens (including phenoxy) is 2. The summed E-state index contributed by atoms with van der Waals surface area (Å²) < 4.78 is 11.4. The first-order chi connectivity index (χ1) is 11.5. The van der Waals surface area contributed by atoms with E-state index in [9.17, 15) is 9.59 Å². The second-order valence-corrected chi connectivity index (χ2v) is 5.00. The number of methoxy groups -OCH3 is 2. The van der Waals surface area contributed by atoms with Crippen LogP contribution in [0.4, 0.5) is 11.6 Å². The number of nitrogens with zero attached hydrogens (tertiary/aromatic N) is 2. The molecule has 0 saturated heterocycles. The van der Waals surface area contributed by atoms with E-state index < -0.39 is 5.91 Å². The summed E-state index contributed by atoms with van der Waals surface area (Å²) in [4.78, 5) is 28.3. The molecule has 0 aliphatic heterocycles. The Labute approximate surface area is 139 Å². The molecule has 8 heteroatoms. The Morgan fingerprint density at radius 2 is 1.96 bits per heavy atom. The number of aromatic nitrogens is 2. The van der Waals surface area contributed by atoms with E-state index >= 15 is 0 Å². The first-order valence-electron chi connectivity index (χ1n) is 7.36. The molecular weight excluding hydrogens is 312 g/mol. The van der Waals surface area contributed by atoms with Crippen molar-refractivity contribution in [3.05, 3.63) is 40.3 Å². The van der Waals surface area contributed by atoms with Crippen LogP contribution in [0, 0.1) is 0 Å². The van der Waals surface area contributed by atoms with Crippen molar-refractivity contribution in [2.45, 2.75) is 19.9 Å². The van der Waals surface area contributed by atoms with E-state index in [2.05, 4.69) is 10.3 Å². The van der Waals surface area contributed by atoms with Gasteiger partial charge in [0, 0.05) is 23.5 Å². The van der Waals surface area contributed by atoms with Crippen molar-refractivity contribution in [1.29, 1.82) is 0 Å². The first kappa shape index (κ1) is 17.3. The summed E-state index contributed by atoms with van der Waals surface area (Å²) in [5.74, 6) is 0.653. The summed E-state index contributed by atoms with van der Waals surface area (Å²) in [6.45, 7) is 1.64. The molecule has 128 valence electrons. The van der Waals surface area contributed by atoms with Gasteiger partial charge in [-0.2, -0.15) is 0 Å². The van der Waals surface area contributed by atoms with E-state index in [1.165, 1.54) is 20.3 Å². The van der Waals surface area contributed by atoms with Gasteiger partial charge in [-0.3, -0.25) is 14.2 Å². The van der Waals surface area contributed by atoms with Gasteiger partial charge in [-0.05, 0) is 18.6 Å². The van der Waals surface area contributed by atoms with Crippen LogP contribution in [-0.2, 0) is 17.8 Å². The number of nitrogen functional groups attached to an aromatic ring is 1. The third-order valence-electron chi connectivity index (χ3n) is 3.42. The first-order valence-corrected chi connectivity index (χ1v) is 7.36. The smallest absolute Gasteiger partial charge is 0.255 e. The predicted molar refractivity (Wildman–Crippen MR) is 90.5 cm³/mol. The zero-order valence-electron chi connectivity index (χ0n) is 13.8. The third-order valence-corrected chi connectivity index (χ3v) is 3.42. The number of carbonyl (C=O) groups is 1. The molecule has 2 aromatic rings. The molecule has 3 N–H and O–H groups in total. The molecule has 8 nitrogen and oxygen atoms in total. The second kappa shape index (κ2) is 7.49. The maximum absolute atomic E-state index is 12.2. The number of nitrogens with one attached hydrogen (secondary N) is 1. The molecular formula is C16H20N4O4. The molecule has 0 bridgehead atoms. The van der Waals surface area contributed by atoms with Gasteiger partial charge in [-0.15, -0.1) is 0 Å². The summed E-state index contributed by atoms with van der Waals surface area (Å²) in [6.07, 6.45) is 0.595. The Hall–Kier alpha value is -3.03. The topological polar surface area (TPSA) is 108 Å². The van der Waals surface area contributed by atoms with Crippen LogP contribution < -0.4 is 26.1 Å². The highest BCUT2D eigenvalue weighted by atomic mass is 16.5. The SMILES string of the molecule is CCc1cc(=O)n(CC(=O)Nc2ccc(OC)c(OC)c2)c(N)n1. The van der Waals surface area contributed by atoms with Gasteiger partial charge in [0.2, 0.25) is 11.9 Å². The summed E-state index contributed by atoms with van der Waals surface area (Å²) in [7, 11) is 3.03. The fourth-order valence-corrected chi connectivity index (χ4v) is 2.17. The van der Waals surface area contributed by atoms with Gasteiger partial charge < -0.3 is 20.5 Å². The predicted octanol–water partition coefficient (Wildman–Crippen LogP) is 1.04. The Balaban J connectivity index is 2.16. The molecule has 0 radical (unpaired) electrons. The quantitative estimate of drug-likeness (QED) is 0.818. The molecule has 2 rings (SSSR count). The zero-order chi connectivity index (χ0) is 17.7. The van der Waals surface area contributed by atoms with Crippen LogP contribution in [0.25, 0.3) is 0 Å². The number of nitrogens with two attached hydrogens (primary N) is 1. The van der Waals surface area contributed by atoms with E-state index in [1.54, 1.807) is 18.2 Å². The molecule has 24 heavy (non-hydrogen) atoms. The number of carbonyl (C=O) groups excluding carboxylic acids is 1. The van der Waals surface area contributed by atoms with Crippen molar-refractivity contribution in [1.82, 2.24) is 9.55 Å². The normalized spacial score (nSPS) is 10.3. The summed E-state index contributed by atoms with van der Waals surface area (Å²) in [5, 5.41) is 2.68. The molecule has 0 aliphatic rings. The van der Waals surface area contributed by atoms with E-state index in [4.69, 9.17) is 15.2 Å². The maximum atomic E-state index is 12.2. The number of hydrogen-bond acceptors (Lipinski definition) is 6. The molecule has 0 aliphatic carbocycles. The van der Waals surface area contributed by atoms with Crippen LogP contribution in [0.2, 0.25) is 0 Å². The average Bonchev–Trinajstić information content (AvgIpc) is 2.57. The highest BCUT2D eigenvalue weighted by Crippen LogP contribution is 2.29. The van der Waals surface area contributed by atoms with E-state index in [0.29, 0.717) is 29.3 Å². The number of rotatable bonds is 6. The van der Waals surface area contributed by atoms with Crippen LogP contribution in [0.3, 0.4) is 0 Å². The average molecular weight is 332 g/mol. The van der Waals surface area contributed by atoms with Crippen molar-refractivity contribution >= 4 is 17.5 Å². The van der Waals surface area contributed by atoms with Gasteiger partial charge in [0.15, 0.2) is 11.5 Å². The minimum Gasteiger partial charge on any atom is -0.493 e. The lowest BCUT2D eigenvalue weighted by atomic mass is 10.2. The monoisotopic (exact) mass is 332 g/mol. The fraction of sp³-hybridized carbons (Fsp3) is 0.312. The number of benzene rings is 1. The highest BCUT2D eigenvalue weighted by molar-refractivity contribution is 5.91. The van der Waals surface area contributed by atoms with Crippen LogP contribution in [0.15, 0.2) is 29.1 Å². The maximum Gasteiger partial charge on any atom is 0.255 e. The Morgan fingerprint density at radius 1 is 1.25 bits per heavy atom. The molecule has 1 aromatic heterocycles. The second-order valence-electron chi connectivity index (χ2n) is 5.00. The number of amides is 1. The molecule has 1 aromatic carbocycles.